The van der Waals surface area contributed by atoms with Crippen molar-refractivity contribution in [2.45, 2.75) is 26.2 Å². The molecule has 1 aliphatic heterocycles. The fourth-order valence-electron chi connectivity index (χ4n) is 2.60. The van der Waals surface area contributed by atoms with Gasteiger partial charge < -0.3 is 4.90 Å². The van der Waals surface area contributed by atoms with Crippen LogP contribution in [-0.4, -0.2) is 18.1 Å². The number of benzene rings is 1. The topological polar surface area (TPSA) is 16.1 Å². The van der Waals surface area contributed by atoms with E-state index in [4.69, 9.17) is 0 Å². The molecule has 2 nitrogen and oxygen atoms in total. The zero-order chi connectivity index (χ0) is 14.1. The van der Waals surface area contributed by atoms with E-state index >= 15 is 0 Å². The van der Waals surface area contributed by atoms with Gasteiger partial charge in [0.1, 0.15) is 11.6 Å². The molecule has 0 saturated carbocycles. The first kappa shape index (κ1) is 13.5. The summed E-state index contributed by atoms with van der Waals surface area (Å²) in [6.45, 7) is 3.55. The average molecular weight is 293 g/mol. The Kier molecular flexibility index (Phi) is 3.70. The predicted octanol–water partition coefficient (Wildman–Crippen LogP) is 4.05. The van der Waals surface area contributed by atoms with Gasteiger partial charge in [0.15, 0.2) is 5.51 Å². The summed E-state index contributed by atoms with van der Waals surface area (Å²) in [5.41, 5.74) is 3.87. The number of thiazole rings is 1. The minimum atomic E-state index is -0.415. The molecule has 1 fully saturated rings. The monoisotopic (exact) mass is 293 g/mol. The van der Waals surface area contributed by atoms with Crippen molar-refractivity contribution in [3.05, 3.63) is 34.2 Å². The molecule has 0 aliphatic carbocycles. The van der Waals surface area contributed by atoms with Gasteiger partial charge in [-0.2, -0.15) is 0 Å². The van der Waals surface area contributed by atoms with Crippen molar-refractivity contribution in [1.82, 2.24) is 4.98 Å². The largest absolute Gasteiger partial charge is 0.369 e. The lowest BCUT2D eigenvalue weighted by molar-refractivity contribution is 0.599. The minimum Gasteiger partial charge on any atom is -0.369 e. The third-order valence-corrected chi connectivity index (χ3v) is 4.56. The Hall–Kier alpha value is -1.49. The van der Waals surface area contributed by atoms with Crippen LogP contribution in [0.3, 0.4) is 0 Å². The van der Waals surface area contributed by atoms with Gasteiger partial charge in [0.25, 0.3) is 0 Å². The molecule has 0 N–H and O–H groups in total. The molecule has 3 rings (SSSR count). The van der Waals surface area contributed by atoms with Crippen LogP contribution in [0.2, 0.25) is 0 Å². The summed E-state index contributed by atoms with van der Waals surface area (Å²) in [6.07, 6.45) is 2.80. The standard InChI is InChI=1S/C15H15F2N2S/c1-2-14-15(18-9-20-14)10-7-12(17)13(8-11(10)16)19-5-3-4-6-19/h7-8H,2-6H2,1H3. The van der Waals surface area contributed by atoms with Gasteiger partial charge in [0.05, 0.1) is 11.4 Å². The van der Waals surface area contributed by atoms with Crippen molar-refractivity contribution in [3.63, 3.8) is 0 Å². The van der Waals surface area contributed by atoms with Crippen LogP contribution in [0.1, 0.15) is 24.6 Å². The van der Waals surface area contributed by atoms with E-state index in [-0.39, 0.29) is 11.4 Å². The lowest BCUT2D eigenvalue weighted by atomic mass is 10.1. The number of halogens is 2. The first-order valence-corrected chi connectivity index (χ1v) is 7.62. The molecule has 20 heavy (non-hydrogen) atoms. The molecule has 2 heterocycles. The third-order valence-electron chi connectivity index (χ3n) is 3.65. The summed E-state index contributed by atoms with van der Waals surface area (Å²) >= 11 is 1.35. The van der Waals surface area contributed by atoms with Crippen molar-refractivity contribution < 1.29 is 8.78 Å². The van der Waals surface area contributed by atoms with Crippen molar-refractivity contribution >= 4 is 17.0 Å². The van der Waals surface area contributed by atoms with E-state index in [1.165, 1.54) is 23.5 Å². The molecule has 1 aromatic heterocycles. The van der Waals surface area contributed by atoms with Crippen LogP contribution in [0.25, 0.3) is 11.3 Å². The summed E-state index contributed by atoms with van der Waals surface area (Å²) in [5.74, 6) is -0.791. The van der Waals surface area contributed by atoms with E-state index in [0.717, 1.165) is 37.2 Å². The molecule has 0 atom stereocenters. The van der Waals surface area contributed by atoms with Crippen molar-refractivity contribution in [1.29, 1.82) is 0 Å². The van der Waals surface area contributed by atoms with Gasteiger partial charge in [0, 0.05) is 29.6 Å². The van der Waals surface area contributed by atoms with Crippen LogP contribution in [0.15, 0.2) is 12.1 Å². The Balaban J connectivity index is 2.03. The van der Waals surface area contributed by atoms with E-state index in [1.54, 1.807) is 0 Å². The number of hydrogen-bond donors (Lipinski definition) is 0. The Morgan fingerprint density at radius 3 is 2.70 bits per heavy atom. The maximum absolute atomic E-state index is 14.3. The first-order chi connectivity index (χ1) is 9.70. The number of aryl methyl sites for hydroxylation is 1. The summed E-state index contributed by atoms with van der Waals surface area (Å²) in [7, 11) is 0. The highest BCUT2D eigenvalue weighted by atomic mass is 32.1. The quantitative estimate of drug-likeness (QED) is 0.848. The molecule has 5 heteroatoms. The molecular formula is C15H15F2N2S. The van der Waals surface area contributed by atoms with Gasteiger partial charge in [0.2, 0.25) is 0 Å². The smallest absolute Gasteiger partial charge is 0.153 e. The fourth-order valence-corrected chi connectivity index (χ4v) is 3.25. The zero-order valence-corrected chi connectivity index (χ0v) is 12.1. The highest BCUT2D eigenvalue weighted by molar-refractivity contribution is 7.09. The second kappa shape index (κ2) is 5.48. The zero-order valence-electron chi connectivity index (χ0n) is 11.2. The number of rotatable bonds is 3. The summed E-state index contributed by atoms with van der Waals surface area (Å²) < 4.78 is 28.6. The molecule has 0 amide bonds. The molecule has 1 aromatic carbocycles. The second-order valence-electron chi connectivity index (χ2n) is 4.91. The average Bonchev–Trinajstić information content (AvgIpc) is 3.10. The summed E-state index contributed by atoms with van der Waals surface area (Å²) in [6, 6.07) is 2.57. The van der Waals surface area contributed by atoms with Crippen LogP contribution in [0.4, 0.5) is 14.5 Å². The molecule has 2 aromatic rings. The summed E-state index contributed by atoms with van der Waals surface area (Å²) in [4.78, 5) is 6.89. The fraction of sp³-hybridized carbons (Fsp3) is 0.400. The van der Waals surface area contributed by atoms with Gasteiger partial charge in [-0.3, -0.25) is 0 Å². The first-order valence-electron chi connectivity index (χ1n) is 6.80. The Morgan fingerprint density at radius 2 is 2.00 bits per heavy atom. The SMILES string of the molecule is CCc1s[c]nc1-c1cc(F)c(N2CCCC2)cc1F. The second-order valence-corrected chi connectivity index (χ2v) is 5.79. The van der Waals surface area contributed by atoms with E-state index in [1.807, 2.05) is 11.8 Å². The normalized spacial score (nSPS) is 15.1. The van der Waals surface area contributed by atoms with Crippen molar-refractivity contribution in [3.8, 4) is 11.3 Å². The molecule has 0 spiro atoms. The van der Waals surface area contributed by atoms with Crippen LogP contribution in [-0.2, 0) is 6.42 Å². The third kappa shape index (κ3) is 2.30. The Labute approximate surface area is 121 Å². The van der Waals surface area contributed by atoms with Crippen LogP contribution in [0.5, 0.6) is 0 Å². The number of anilines is 1. The number of nitrogens with zero attached hydrogens (tertiary/aromatic N) is 2. The van der Waals surface area contributed by atoms with Gasteiger partial charge >= 0.3 is 0 Å². The van der Waals surface area contributed by atoms with Crippen molar-refractivity contribution in [2.24, 2.45) is 0 Å². The lowest BCUT2D eigenvalue weighted by Crippen LogP contribution is -2.19. The van der Waals surface area contributed by atoms with Gasteiger partial charge in [-0.1, -0.05) is 6.92 Å². The minimum absolute atomic E-state index is 0.236. The van der Waals surface area contributed by atoms with E-state index in [0.29, 0.717) is 11.4 Å². The molecule has 0 unspecified atom stereocenters. The van der Waals surface area contributed by atoms with E-state index in [9.17, 15) is 8.78 Å². The Morgan fingerprint density at radius 1 is 1.25 bits per heavy atom. The summed E-state index contributed by atoms with van der Waals surface area (Å²) in [5, 5.41) is 0. The maximum atomic E-state index is 14.3. The number of aromatic nitrogens is 1. The highest BCUT2D eigenvalue weighted by Crippen LogP contribution is 2.33. The molecule has 0 bridgehead atoms. The van der Waals surface area contributed by atoms with Gasteiger partial charge in [-0.05, 0) is 25.3 Å². The van der Waals surface area contributed by atoms with Crippen LogP contribution in [0, 0.1) is 17.1 Å². The molecule has 105 valence electrons. The maximum Gasteiger partial charge on any atom is 0.153 e. The van der Waals surface area contributed by atoms with E-state index in [2.05, 4.69) is 10.5 Å². The van der Waals surface area contributed by atoms with Crippen LogP contribution < -0.4 is 4.90 Å². The lowest BCUT2D eigenvalue weighted by Gasteiger charge is -2.19. The Bertz CT molecular complexity index is 618. The van der Waals surface area contributed by atoms with Gasteiger partial charge in [-0.15, -0.1) is 11.3 Å². The molecule has 1 saturated heterocycles. The molecular weight excluding hydrogens is 278 g/mol. The molecule has 1 aliphatic rings. The van der Waals surface area contributed by atoms with Crippen LogP contribution >= 0.6 is 11.3 Å². The molecule has 1 radical (unpaired) electrons. The van der Waals surface area contributed by atoms with Crippen molar-refractivity contribution in [2.75, 3.05) is 18.0 Å². The van der Waals surface area contributed by atoms with E-state index < -0.39 is 5.82 Å². The highest BCUT2D eigenvalue weighted by Gasteiger charge is 2.21. The van der Waals surface area contributed by atoms with Gasteiger partial charge in [-0.25, -0.2) is 13.8 Å². The number of hydrogen-bond acceptors (Lipinski definition) is 3. The predicted molar refractivity (Wildman–Crippen MR) is 77.1 cm³/mol.